The molecule has 1 aromatic heterocycles. The lowest BCUT2D eigenvalue weighted by molar-refractivity contribution is 0.0813. The zero-order chi connectivity index (χ0) is 10.4. The lowest BCUT2D eigenvalue weighted by Crippen LogP contribution is -2.11. The van der Waals surface area contributed by atoms with Gasteiger partial charge in [-0.3, -0.25) is 4.98 Å². The predicted octanol–water partition coefficient (Wildman–Crippen LogP) is 1.44. The van der Waals surface area contributed by atoms with Gasteiger partial charge in [-0.2, -0.15) is 0 Å². The molecular weight excluding hydrogens is 190 g/mol. The molecule has 0 aromatic carbocycles. The van der Waals surface area contributed by atoms with Crippen LogP contribution in [-0.4, -0.2) is 25.1 Å². The van der Waals surface area contributed by atoms with E-state index in [-0.39, 0.29) is 0 Å². The maximum Gasteiger partial charge on any atom is 0.272 e. The van der Waals surface area contributed by atoms with Gasteiger partial charge in [-0.1, -0.05) is 0 Å². The molecule has 0 amide bonds. The predicted molar refractivity (Wildman–Crippen MR) is 48.5 cm³/mol. The van der Waals surface area contributed by atoms with Crippen LogP contribution < -0.4 is 10.1 Å². The van der Waals surface area contributed by atoms with Crippen LogP contribution in [0.3, 0.4) is 0 Å². The van der Waals surface area contributed by atoms with Crippen molar-refractivity contribution in [2.75, 3.05) is 13.7 Å². The molecule has 14 heavy (non-hydrogen) atoms. The molecule has 0 unspecified atom stereocenters. The highest BCUT2D eigenvalue weighted by molar-refractivity contribution is 5.29. The highest BCUT2D eigenvalue weighted by atomic mass is 19.3. The SMILES string of the molecule is CNCc1cnccc1OCC(F)F. The van der Waals surface area contributed by atoms with E-state index in [1.54, 1.807) is 19.3 Å². The van der Waals surface area contributed by atoms with E-state index < -0.39 is 13.0 Å². The normalized spacial score (nSPS) is 10.6. The Kier molecular flexibility index (Phi) is 4.25. The van der Waals surface area contributed by atoms with Crippen molar-refractivity contribution < 1.29 is 13.5 Å². The van der Waals surface area contributed by atoms with Gasteiger partial charge in [-0.05, 0) is 13.1 Å². The third kappa shape index (κ3) is 3.26. The molecule has 0 fully saturated rings. The molecule has 1 N–H and O–H groups in total. The Morgan fingerprint density at radius 3 is 3.00 bits per heavy atom. The summed E-state index contributed by atoms with van der Waals surface area (Å²) in [6.45, 7) is -0.0346. The van der Waals surface area contributed by atoms with E-state index in [0.717, 1.165) is 5.56 Å². The maximum atomic E-state index is 11.9. The molecule has 5 heteroatoms. The van der Waals surface area contributed by atoms with Gasteiger partial charge in [-0.15, -0.1) is 0 Å². The van der Waals surface area contributed by atoms with Crippen LogP contribution in [-0.2, 0) is 6.54 Å². The first-order chi connectivity index (χ1) is 6.74. The van der Waals surface area contributed by atoms with Crippen LogP contribution in [0.15, 0.2) is 18.5 Å². The van der Waals surface area contributed by atoms with Crippen molar-refractivity contribution in [3.63, 3.8) is 0 Å². The fourth-order valence-corrected chi connectivity index (χ4v) is 1.03. The number of aromatic nitrogens is 1. The average molecular weight is 202 g/mol. The Morgan fingerprint density at radius 2 is 2.36 bits per heavy atom. The third-order valence-electron chi connectivity index (χ3n) is 1.59. The van der Waals surface area contributed by atoms with Crippen LogP contribution >= 0.6 is 0 Å². The average Bonchev–Trinajstić information content (AvgIpc) is 2.17. The second-order valence-electron chi connectivity index (χ2n) is 2.72. The van der Waals surface area contributed by atoms with Crippen molar-refractivity contribution in [2.45, 2.75) is 13.0 Å². The van der Waals surface area contributed by atoms with E-state index in [9.17, 15) is 8.78 Å². The first-order valence-electron chi connectivity index (χ1n) is 4.22. The minimum atomic E-state index is -2.45. The number of nitrogens with one attached hydrogen (secondary N) is 1. The number of nitrogens with zero attached hydrogens (tertiary/aromatic N) is 1. The van der Waals surface area contributed by atoms with Gasteiger partial charge in [0.25, 0.3) is 6.43 Å². The zero-order valence-corrected chi connectivity index (χ0v) is 7.84. The van der Waals surface area contributed by atoms with Crippen molar-refractivity contribution >= 4 is 0 Å². The van der Waals surface area contributed by atoms with Crippen LogP contribution in [0.5, 0.6) is 5.75 Å². The van der Waals surface area contributed by atoms with Crippen molar-refractivity contribution in [2.24, 2.45) is 0 Å². The van der Waals surface area contributed by atoms with E-state index in [1.807, 2.05) is 0 Å². The van der Waals surface area contributed by atoms with Crippen molar-refractivity contribution in [1.29, 1.82) is 0 Å². The van der Waals surface area contributed by atoms with E-state index in [2.05, 4.69) is 10.3 Å². The first kappa shape index (κ1) is 10.8. The van der Waals surface area contributed by atoms with Crippen LogP contribution in [0, 0.1) is 0 Å². The summed E-state index contributed by atoms with van der Waals surface area (Å²) < 4.78 is 28.7. The minimum absolute atomic E-state index is 0.453. The van der Waals surface area contributed by atoms with Gasteiger partial charge in [-0.25, -0.2) is 8.78 Å². The van der Waals surface area contributed by atoms with Crippen molar-refractivity contribution in [3.8, 4) is 5.75 Å². The molecule has 0 spiro atoms. The Balaban J connectivity index is 2.64. The third-order valence-corrected chi connectivity index (χ3v) is 1.59. The molecule has 0 saturated heterocycles. The quantitative estimate of drug-likeness (QED) is 0.784. The smallest absolute Gasteiger partial charge is 0.272 e. The van der Waals surface area contributed by atoms with Crippen LogP contribution in [0.1, 0.15) is 5.56 Å². The van der Waals surface area contributed by atoms with Crippen LogP contribution in [0.25, 0.3) is 0 Å². The molecular formula is C9H12F2N2O. The fraction of sp³-hybridized carbons (Fsp3) is 0.444. The highest BCUT2D eigenvalue weighted by Gasteiger charge is 2.06. The Labute approximate surface area is 81.1 Å². The number of rotatable bonds is 5. The number of hydrogen-bond acceptors (Lipinski definition) is 3. The first-order valence-corrected chi connectivity index (χ1v) is 4.22. The Bertz CT molecular complexity index is 281. The lowest BCUT2D eigenvalue weighted by Gasteiger charge is -2.09. The molecule has 0 aliphatic rings. The largest absolute Gasteiger partial charge is 0.487 e. The van der Waals surface area contributed by atoms with Gasteiger partial charge in [0, 0.05) is 24.5 Å². The molecule has 1 heterocycles. The number of pyridine rings is 1. The molecule has 1 aromatic rings. The number of alkyl halides is 2. The van der Waals surface area contributed by atoms with E-state index in [4.69, 9.17) is 4.74 Å². The van der Waals surface area contributed by atoms with Crippen molar-refractivity contribution in [1.82, 2.24) is 10.3 Å². The molecule has 3 nitrogen and oxygen atoms in total. The topological polar surface area (TPSA) is 34.2 Å². The second-order valence-corrected chi connectivity index (χ2v) is 2.72. The summed E-state index contributed by atoms with van der Waals surface area (Å²) in [7, 11) is 1.77. The monoisotopic (exact) mass is 202 g/mol. The van der Waals surface area contributed by atoms with Gasteiger partial charge in [0.2, 0.25) is 0 Å². The fourth-order valence-electron chi connectivity index (χ4n) is 1.03. The number of hydrogen-bond donors (Lipinski definition) is 1. The highest BCUT2D eigenvalue weighted by Crippen LogP contribution is 2.16. The van der Waals surface area contributed by atoms with E-state index >= 15 is 0 Å². The molecule has 0 radical (unpaired) electrons. The van der Waals surface area contributed by atoms with Crippen LogP contribution in [0.4, 0.5) is 8.78 Å². The summed E-state index contributed by atoms with van der Waals surface area (Å²) >= 11 is 0. The summed E-state index contributed by atoms with van der Waals surface area (Å²) in [5.41, 5.74) is 0.774. The lowest BCUT2D eigenvalue weighted by atomic mass is 10.2. The van der Waals surface area contributed by atoms with Crippen molar-refractivity contribution in [3.05, 3.63) is 24.0 Å². The summed E-state index contributed by atoms with van der Waals surface area (Å²) in [6, 6.07) is 1.58. The molecule has 0 bridgehead atoms. The summed E-state index contributed by atoms with van der Waals surface area (Å²) in [5, 5.41) is 2.90. The number of halogens is 2. The van der Waals surface area contributed by atoms with Gasteiger partial charge in [0.1, 0.15) is 12.4 Å². The van der Waals surface area contributed by atoms with E-state index in [0.29, 0.717) is 12.3 Å². The zero-order valence-electron chi connectivity index (χ0n) is 7.84. The molecule has 0 saturated carbocycles. The standard InChI is InChI=1S/C9H12F2N2O/c1-12-4-7-5-13-3-2-8(7)14-6-9(10)11/h2-3,5,9,12H,4,6H2,1H3. The van der Waals surface area contributed by atoms with Gasteiger partial charge >= 0.3 is 0 Å². The molecule has 1 rings (SSSR count). The van der Waals surface area contributed by atoms with Gasteiger partial charge < -0.3 is 10.1 Å². The Hall–Kier alpha value is -1.23. The maximum absolute atomic E-state index is 11.9. The van der Waals surface area contributed by atoms with Crippen LogP contribution in [0.2, 0.25) is 0 Å². The van der Waals surface area contributed by atoms with Gasteiger partial charge in [0.15, 0.2) is 0 Å². The molecule has 0 aliphatic carbocycles. The minimum Gasteiger partial charge on any atom is -0.487 e. The summed E-state index contributed by atoms with van der Waals surface area (Å²) in [5.74, 6) is 0.453. The Morgan fingerprint density at radius 1 is 1.57 bits per heavy atom. The second kappa shape index (κ2) is 5.49. The number of ether oxygens (including phenoxy) is 1. The van der Waals surface area contributed by atoms with E-state index in [1.165, 1.54) is 6.20 Å². The summed E-state index contributed by atoms with van der Waals surface area (Å²) in [4.78, 5) is 3.88. The molecule has 0 atom stereocenters. The molecule has 0 aliphatic heterocycles. The summed E-state index contributed by atoms with van der Waals surface area (Å²) in [6.07, 6.45) is 0.655. The molecule has 78 valence electrons. The van der Waals surface area contributed by atoms with Gasteiger partial charge in [0.05, 0.1) is 0 Å².